The first kappa shape index (κ1) is 18.2. The Kier molecular flexibility index (Phi) is 5.14. The fourth-order valence-electron chi connectivity index (χ4n) is 1.74. The summed E-state index contributed by atoms with van der Waals surface area (Å²) in [6, 6.07) is 4.65. The van der Waals surface area contributed by atoms with Gasteiger partial charge in [-0.15, -0.1) is 0 Å². The fourth-order valence-corrected chi connectivity index (χ4v) is 2.36. The van der Waals surface area contributed by atoms with Gasteiger partial charge in [-0.05, 0) is 24.3 Å². The molecule has 0 fully saturated rings. The molecular weight excluding hydrogens is 417 g/mol. The summed E-state index contributed by atoms with van der Waals surface area (Å²) < 4.78 is 38.2. The zero-order valence-corrected chi connectivity index (χ0v) is 13.8. The molecule has 1 aromatic heterocycles. The number of anilines is 1. The Morgan fingerprint density at radius 2 is 1.92 bits per heavy atom. The van der Waals surface area contributed by atoms with Crippen LogP contribution in [0.2, 0.25) is 5.02 Å². The molecule has 1 amide bonds. The first-order chi connectivity index (χ1) is 11.1. The van der Waals surface area contributed by atoms with Gasteiger partial charge in [0.05, 0.1) is 21.8 Å². The van der Waals surface area contributed by atoms with Gasteiger partial charge in [0.15, 0.2) is 0 Å². The second kappa shape index (κ2) is 6.78. The van der Waals surface area contributed by atoms with Crippen LogP contribution in [0.1, 0.15) is 26.4 Å². The number of aromatic carboxylic acids is 1. The third kappa shape index (κ3) is 4.04. The molecule has 126 valence electrons. The molecule has 0 unspecified atom stereocenters. The number of halogens is 5. The number of aromatic nitrogens is 1. The lowest BCUT2D eigenvalue weighted by atomic mass is 10.1. The molecule has 2 rings (SSSR count). The minimum absolute atomic E-state index is 0.0477. The van der Waals surface area contributed by atoms with Crippen LogP contribution in [-0.2, 0) is 6.18 Å². The first-order valence-electron chi connectivity index (χ1n) is 6.16. The molecule has 2 N–H and O–H groups in total. The molecule has 0 aliphatic carbocycles. The highest BCUT2D eigenvalue weighted by Crippen LogP contribution is 2.31. The minimum Gasteiger partial charge on any atom is -0.478 e. The number of pyridine rings is 1. The van der Waals surface area contributed by atoms with Crippen LogP contribution in [0.3, 0.4) is 0 Å². The van der Waals surface area contributed by atoms with Crippen molar-refractivity contribution in [1.82, 2.24) is 4.98 Å². The highest BCUT2D eigenvalue weighted by Gasteiger charge is 2.32. The molecule has 0 atom stereocenters. The van der Waals surface area contributed by atoms with Crippen molar-refractivity contribution in [3.05, 3.63) is 56.8 Å². The van der Waals surface area contributed by atoms with Crippen molar-refractivity contribution < 1.29 is 27.9 Å². The van der Waals surface area contributed by atoms with Gasteiger partial charge in [0.1, 0.15) is 5.69 Å². The lowest BCUT2D eigenvalue weighted by Gasteiger charge is -2.11. The van der Waals surface area contributed by atoms with Gasteiger partial charge in [0, 0.05) is 10.7 Å². The van der Waals surface area contributed by atoms with Gasteiger partial charge in [-0.1, -0.05) is 27.5 Å². The predicted octanol–water partition coefficient (Wildman–Crippen LogP) is 4.47. The van der Waals surface area contributed by atoms with E-state index in [1.807, 2.05) is 0 Å². The molecule has 0 bridgehead atoms. The largest absolute Gasteiger partial charge is 0.478 e. The minimum atomic E-state index is -4.65. The van der Waals surface area contributed by atoms with E-state index >= 15 is 0 Å². The van der Waals surface area contributed by atoms with Crippen molar-refractivity contribution in [2.24, 2.45) is 0 Å². The van der Waals surface area contributed by atoms with Gasteiger partial charge in [0.25, 0.3) is 5.91 Å². The van der Waals surface area contributed by atoms with Crippen LogP contribution in [0.4, 0.5) is 18.9 Å². The molecule has 5 nitrogen and oxygen atoms in total. The third-order valence-electron chi connectivity index (χ3n) is 2.84. The first-order valence-corrected chi connectivity index (χ1v) is 7.33. The van der Waals surface area contributed by atoms with E-state index in [1.54, 1.807) is 0 Å². The lowest BCUT2D eigenvalue weighted by Crippen LogP contribution is -2.17. The summed E-state index contributed by atoms with van der Waals surface area (Å²) in [6.45, 7) is 0. The van der Waals surface area contributed by atoms with Crippen LogP contribution in [0, 0.1) is 0 Å². The molecule has 0 saturated heterocycles. The smallest absolute Gasteiger partial charge is 0.417 e. The highest BCUT2D eigenvalue weighted by atomic mass is 79.9. The van der Waals surface area contributed by atoms with Gasteiger partial charge < -0.3 is 10.4 Å². The second-order valence-electron chi connectivity index (χ2n) is 4.50. The molecule has 2 aromatic rings. The maximum Gasteiger partial charge on any atom is 0.417 e. The molecule has 1 heterocycles. The van der Waals surface area contributed by atoms with Crippen molar-refractivity contribution in [2.45, 2.75) is 6.18 Å². The van der Waals surface area contributed by atoms with Crippen LogP contribution in [0.5, 0.6) is 0 Å². The quantitative estimate of drug-likeness (QED) is 0.764. The van der Waals surface area contributed by atoms with Gasteiger partial charge in [-0.2, -0.15) is 13.2 Å². The van der Waals surface area contributed by atoms with Gasteiger partial charge in [-0.25, -0.2) is 9.78 Å². The number of benzene rings is 1. The highest BCUT2D eigenvalue weighted by molar-refractivity contribution is 9.10. The van der Waals surface area contributed by atoms with Crippen molar-refractivity contribution in [1.29, 1.82) is 0 Å². The van der Waals surface area contributed by atoms with E-state index in [0.717, 1.165) is 0 Å². The number of carboxylic acid groups (broad SMARTS) is 1. The number of rotatable bonds is 3. The summed E-state index contributed by atoms with van der Waals surface area (Å²) in [4.78, 5) is 26.7. The summed E-state index contributed by atoms with van der Waals surface area (Å²) >= 11 is 8.77. The Morgan fingerprint density at radius 3 is 2.46 bits per heavy atom. The lowest BCUT2D eigenvalue weighted by molar-refractivity contribution is -0.137. The Labute approximate surface area is 146 Å². The third-order valence-corrected chi connectivity index (χ3v) is 3.63. The van der Waals surface area contributed by atoms with Crippen molar-refractivity contribution >= 4 is 45.1 Å². The number of hydrogen-bond acceptors (Lipinski definition) is 3. The average molecular weight is 424 g/mol. The number of carbonyl (C=O) groups is 2. The standard InChI is InChI=1S/C14H7BrClF3N2O3/c15-7-1-2-10(8(4-7)13(23)24)21-12(22)11-9(16)3-6(5-20-11)14(17,18)19/h1-5H,(H,21,22)(H,23,24). The van der Waals surface area contributed by atoms with E-state index < -0.39 is 34.3 Å². The molecule has 0 spiro atoms. The van der Waals surface area contributed by atoms with Gasteiger partial charge >= 0.3 is 12.1 Å². The van der Waals surface area contributed by atoms with E-state index in [-0.39, 0.29) is 11.3 Å². The second-order valence-corrected chi connectivity index (χ2v) is 5.82. The van der Waals surface area contributed by atoms with E-state index in [2.05, 4.69) is 26.2 Å². The topological polar surface area (TPSA) is 79.3 Å². The van der Waals surface area contributed by atoms with Crippen LogP contribution in [0.25, 0.3) is 0 Å². The molecule has 0 aliphatic rings. The Bertz CT molecular complexity index is 827. The molecule has 24 heavy (non-hydrogen) atoms. The van der Waals surface area contributed by atoms with E-state index in [1.165, 1.54) is 18.2 Å². The van der Waals surface area contributed by atoms with E-state index in [4.69, 9.17) is 16.7 Å². The number of nitrogens with zero attached hydrogens (tertiary/aromatic N) is 1. The zero-order valence-electron chi connectivity index (χ0n) is 11.5. The van der Waals surface area contributed by atoms with Crippen LogP contribution in [-0.4, -0.2) is 22.0 Å². The summed E-state index contributed by atoms with van der Waals surface area (Å²) in [6.07, 6.45) is -4.17. The van der Waals surface area contributed by atoms with Crippen LogP contribution >= 0.6 is 27.5 Å². The van der Waals surface area contributed by atoms with Gasteiger partial charge in [-0.3, -0.25) is 4.79 Å². The van der Waals surface area contributed by atoms with E-state index in [0.29, 0.717) is 16.7 Å². The molecule has 0 saturated carbocycles. The molecule has 10 heteroatoms. The summed E-state index contributed by atoms with van der Waals surface area (Å²) in [5.74, 6) is -2.23. The molecule has 0 aliphatic heterocycles. The number of carboxylic acids is 1. The Hall–Kier alpha value is -2.13. The van der Waals surface area contributed by atoms with E-state index in [9.17, 15) is 22.8 Å². The Balaban J connectivity index is 2.33. The fraction of sp³-hybridized carbons (Fsp3) is 0.0714. The summed E-state index contributed by atoms with van der Waals surface area (Å²) in [7, 11) is 0. The number of hydrogen-bond donors (Lipinski definition) is 2. The molecular formula is C14H7BrClF3N2O3. The number of amides is 1. The van der Waals surface area contributed by atoms with Crippen molar-refractivity contribution in [3.63, 3.8) is 0 Å². The van der Waals surface area contributed by atoms with Crippen LogP contribution < -0.4 is 5.32 Å². The number of alkyl halides is 3. The average Bonchev–Trinajstić information content (AvgIpc) is 2.47. The van der Waals surface area contributed by atoms with Crippen molar-refractivity contribution in [2.75, 3.05) is 5.32 Å². The number of nitrogens with one attached hydrogen (secondary N) is 1. The SMILES string of the molecule is O=C(O)c1cc(Br)ccc1NC(=O)c1ncc(C(F)(F)F)cc1Cl. The van der Waals surface area contributed by atoms with Gasteiger partial charge in [0.2, 0.25) is 0 Å². The molecule has 0 radical (unpaired) electrons. The van der Waals surface area contributed by atoms with Crippen LogP contribution in [0.15, 0.2) is 34.9 Å². The summed E-state index contributed by atoms with van der Waals surface area (Å²) in [5.41, 5.74) is -1.81. The normalized spacial score (nSPS) is 11.2. The monoisotopic (exact) mass is 422 g/mol. The maximum absolute atomic E-state index is 12.6. The Morgan fingerprint density at radius 1 is 1.25 bits per heavy atom. The zero-order chi connectivity index (χ0) is 18.1. The van der Waals surface area contributed by atoms with Crippen molar-refractivity contribution in [3.8, 4) is 0 Å². The number of carbonyl (C=O) groups excluding carboxylic acids is 1. The summed E-state index contributed by atoms with van der Waals surface area (Å²) in [5, 5.41) is 10.9. The molecule has 1 aromatic carbocycles. The predicted molar refractivity (Wildman–Crippen MR) is 83.3 cm³/mol. The maximum atomic E-state index is 12.6.